The molecule has 102 valence electrons. The van der Waals surface area contributed by atoms with E-state index in [-0.39, 0.29) is 15.9 Å². The summed E-state index contributed by atoms with van der Waals surface area (Å²) in [6, 6.07) is 3.78. The van der Waals surface area contributed by atoms with Gasteiger partial charge in [-0.05, 0) is 12.1 Å². The van der Waals surface area contributed by atoms with Gasteiger partial charge in [-0.1, -0.05) is 15.9 Å². The highest BCUT2D eigenvalue weighted by molar-refractivity contribution is 9.10. The van der Waals surface area contributed by atoms with Crippen LogP contribution in [0.3, 0.4) is 0 Å². The molecule has 20 heavy (non-hydrogen) atoms. The molecular formula is C12H7BrF2N4O. The SMILES string of the molecule is Cn1ncc(C#N)c1NC(=O)c1c(F)cc(Br)cc1F. The Bertz CT molecular complexity index is 713. The van der Waals surface area contributed by atoms with Crippen LogP contribution in [-0.4, -0.2) is 15.7 Å². The van der Waals surface area contributed by atoms with Gasteiger partial charge < -0.3 is 5.32 Å². The number of halogens is 3. The fourth-order valence-electron chi connectivity index (χ4n) is 1.60. The van der Waals surface area contributed by atoms with Crippen LogP contribution in [0, 0.1) is 23.0 Å². The second kappa shape index (κ2) is 5.38. The van der Waals surface area contributed by atoms with Gasteiger partial charge in [0.05, 0.1) is 6.20 Å². The molecule has 1 aromatic carbocycles. The van der Waals surface area contributed by atoms with E-state index in [1.165, 1.54) is 17.9 Å². The Morgan fingerprint density at radius 3 is 2.60 bits per heavy atom. The van der Waals surface area contributed by atoms with Crippen LogP contribution in [-0.2, 0) is 7.05 Å². The number of carbonyl (C=O) groups excluding carboxylic acids is 1. The quantitative estimate of drug-likeness (QED) is 0.913. The molecule has 0 aliphatic carbocycles. The zero-order chi connectivity index (χ0) is 14.9. The van der Waals surface area contributed by atoms with E-state index in [0.29, 0.717) is 0 Å². The topological polar surface area (TPSA) is 70.7 Å². The first-order valence-electron chi connectivity index (χ1n) is 5.32. The lowest BCUT2D eigenvalue weighted by Gasteiger charge is -2.08. The molecule has 2 rings (SSSR count). The summed E-state index contributed by atoms with van der Waals surface area (Å²) in [4.78, 5) is 11.9. The van der Waals surface area contributed by atoms with Gasteiger partial charge in [-0.25, -0.2) is 8.78 Å². The molecule has 8 heteroatoms. The Kier molecular flexibility index (Phi) is 3.81. The third-order valence-corrected chi connectivity index (χ3v) is 2.98. The van der Waals surface area contributed by atoms with Crippen LogP contribution in [0.1, 0.15) is 15.9 Å². The van der Waals surface area contributed by atoms with Crippen LogP contribution in [0.15, 0.2) is 22.8 Å². The number of nitrogens with one attached hydrogen (secondary N) is 1. The number of rotatable bonds is 2. The predicted octanol–water partition coefficient (Wildman–Crippen LogP) is 2.58. The molecule has 0 saturated carbocycles. The summed E-state index contributed by atoms with van der Waals surface area (Å²) in [6.45, 7) is 0. The van der Waals surface area contributed by atoms with Gasteiger partial charge >= 0.3 is 0 Å². The van der Waals surface area contributed by atoms with Crippen molar-refractivity contribution >= 4 is 27.7 Å². The van der Waals surface area contributed by atoms with Crippen molar-refractivity contribution in [1.29, 1.82) is 5.26 Å². The molecule has 1 N–H and O–H groups in total. The maximum Gasteiger partial charge on any atom is 0.262 e. The van der Waals surface area contributed by atoms with Gasteiger partial charge in [0, 0.05) is 11.5 Å². The van der Waals surface area contributed by atoms with Crippen LogP contribution in [0.5, 0.6) is 0 Å². The van der Waals surface area contributed by atoms with Gasteiger partial charge in [-0.2, -0.15) is 10.4 Å². The number of aryl methyl sites for hydroxylation is 1. The molecule has 0 atom stereocenters. The van der Waals surface area contributed by atoms with Crippen molar-refractivity contribution in [2.24, 2.45) is 7.05 Å². The number of aromatic nitrogens is 2. The standard InChI is InChI=1S/C12H7BrF2N4O/c1-19-11(6(4-16)5-17-19)18-12(20)10-8(14)2-7(13)3-9(10)15/h2-3,5H,1H3,(H,18,20). The molecule has 2 aromatic rings. The summed E-state index contributed by atoms with van der Waals surface area (Å²) >= 11 is 2.92. The highest BCUT2D eigenvalue weighted by Crippen LogP contribution is 2.21. The number of hydrogen-bond donors (Lipinski definition) is 1. The monoisotopic (exact) mass is 340 g/mol. The molecule has 0 radical (unpaired) electrons. The minimum Gasteiger partial charge on any atom is -0.305 e. The van der Waals surface area contributed by atoms with Crippen LogP contribution in [0.25, 0.3) is 0 Å². The first-order chi connectivity index (χ1) is 9.43. The number of benzene rings is 1. The lowest BCUT2D eigenvalue weighted by Crippen LogP contribution is -2.18. The molecule has 0 aliphatic rings. The first kappa shape index (κ1) is 14.1. The van der Waals surface area contributed by atoms with Crippen LogP contribution in [0.2, 0.25) is 0 Å². The van der Waals surface area contributed by atoms with E-state index in [9.17, 15) is 13.6 Å². The molecule has 0 saturated heterocycles. The molecule has 1 aromatic heterocycles. The summed E-state index contributed by atoms with van der Waals surface area (Å²) in [5, 5.41) is 14.9. The van der Waals surface area contributed by atoms with Gasteiger partial charge in [-0.3, -0.25) is 9.48 Å². The molecule has 0 spiro atoms. The fourth-order valence-corrected chi connectivity index (χ4v) is 2.00. The van der Waals surface area contributed by atoms with E-state index in [0.717, 1.165) is 12.1 Å². The lowest BCUT2D eigenvalue weighted by atomic mass is 10.2. The third kappa shape index (κ3) is 2.53. The van der Waals surface area contributed by atoms with Crippen molar-refractivity contribution in [1.82, 2.24) is 9.78 Å². The summed E-state index contributed by atoms with van der Waals surface area (Å²) in [5.74, 6) is -2.93. The smallest absolute Gasteiger partial charge is 0.262 e. The van der Waals surface area contributed by atoms with Crippen molar-refractivity contribution in [2.45, 2.75) is 0 Å². The Labute approximate surface area is 120 Å². The molecule has 0 bridgehead atoms. The molecule has 5 nitrogen and oxygen atoms in total. The van der Waals surface area contributed by atoms with Crippen molar-refractivity contribution in [3.05, 3.63) is 45.6 Å². The maximum atomic E-state index is 13.7. The summed E-state index contributed by atoms with van der Waals surface area (Å²) in [5.41, 5.74) is -0.628. The zero-order valence-corrected chi connectivity index (χ0v) is 11.7. The van der Waals surface area contributed by atoms with E-state index in [1.54, 1.807) is 0 Å². The summed E-state index contributed by atoms with van der Waals surface area (Å²) < 4.78 is 28.7. The number of hydrogen-bond acceptors (Lipinski definition) is 3. The molecule has 0 fully saturated rings. The Balaban J connectivity index is 2.39. The Hall–Kier alpha value is -2.27. The fraction of sp³-hybridized carbons (Fsp3) is 0.0833. The first-order valence-corrected chi connectivity index (χ1v) is 6.11. The second-order valence-electron chi connectivity index (χ2n) is 3.84. The summed E-state index contributed by atoms with van der Waals surface area (Å²) in [6.07, 6.45) is 1.24. The highest BCUT2D eigenvalue weighted by Gasteiger charge is 2.20. The predicted molar refractivity (Wildman–Crippen MR) is 69.9 cm³/mol. The Morgan fingerprint density at radius 2 is 2.05 bits per heavy atom. The van der Waals surface area contributed by atoms with Gasteiger partial charge in [0.2, 0.25) is 0 Å². The Morgan fingerprint density at radius 1 is 1.45 bits per heavy atom. The van der Waals surface area contributed by atoms with Crippen molar-refractivity contribution in [2.75, 3.05) is 5.32 Å². The second-order valence-corrected chi connectivity index (χ2v) is 4.76. The van der Waals surface area contributed by atoms with E-state index < -0.39 is 23.1 Å². The maximum absolute atomic E-state index is 13.7. The average Bonchev–Trinajstić information content (AvgIpc) is 2.69. The number of amides is 1. The number of nitrogens with zero attached hydrogens (tertiary/aromatic N) is 3. The number of nitriles is 1. The summed E-state index contributed by atoms with van der Waals surface area (Å²) in [7, 11) is 1.49. The minimum atomic E-state index is -1.00. The van der Waals surface area contributed by atoms with Crippen molar-refractivity contribution in [3.63, 3.8) is 0 Å². The van der Waals surface area contributed by atoms with E-state index >= 15 is 0 Å². The van der Waals surface area contributed by atoms with Crippen LogP contribution in [0.4, 0.5) is 14.6 Å². The lowest BCUT2D eigenvalue weighted by molar-refractivity contribution is 0.101. The van der Waals surface area contributed by atoms with Gasteiger partial charge in [0.15, 0.2) is 0 Å². The molecule has 1 heterocycles. The third-order valence-electron chi connectivity index (χ3n) is 2.53. The van der Waals surface area contributed by atoms with Crippen molar-refractivity contribution < 1.29 is 13.6 Å². The highest BCUT2D eigenvalue weighted by atomic mass is 79.9. The zero-order valence-electron chi connectivity index (χ0n) is 10.1. The molecule has 0 unspecified atom stereocenters. The van der Waals surface area contributed by atoms with Crippen LogP contribution >= 0.6 is 15.9 Å². The number of anilines is 1. The van der Waals surface area contributed by atoms with Gasteiger partial charge in [0.25, 0.3) is 5.91 Å². The van der Waals surface area contributed by atoms with Gasteiger partial charge in [-0.15, -0.1) is 0 Å². The van der Waals surface area contributed by atoms with Crippen molar-refractivity contribution in [3.8, 4) is 6.07 Å². The molecule has 0 aliphatic heterocycles. The molecular weight excluding hydrogens is 334 g/mol. The van der Waals surface area contributed by atoms with E-state index in [2.05, 4.69) is 26.3 Å². The average molecular weight is 341 g/mol. The normalized spacial score (nSPS) is 10.2. The van der Waals surface area contributed by atoms with Gasteiger partial charge in [0.1, 0.15) is 34.6 Å². The minimum absolute atomic E-state index is 0.0687. The molecule has 1 amide bonds. The van der Waals surface area contributed by atoms with E-state index in [4.69, 9.17) is 5.26 Å². The number of carbonyl (C=O) groups is 1. The largest absolute Gasteiger partial charge is 0.305 e. The van der Waals surface area contributed by atoms with Crippen LogP contribution < -0.4 is 5.32 Å². The van der Waals surface area contributed by atoms with E-state index in [1.807, 2.05) is 6.07 Å².